The van der Waals surface area contributed by atoms with Crippen LogP contribution in [0.1, 0.15) is 23.7 Å². The van der Waals surface area contributed by atoms with E-state index in [-0.39, 0.29) is 17.1 Å². The zero-order chi connectivity index (χ0) is 26.9. The van der Waals surface area contributed by atoms with Gasteiger partial charge in [-0.1, -0.05) is 12.1 Å². The lowest BCUT2D eigenvalue weighted by molar-refractivity contribution is 0.0736. The van der Waals surface area contributed by atoms with Crippen molar-refractivity contribution in [3.8, 4) is 17.1 Å². The smallest absolute Gasteiger partial charge is 0.343 e. The molecule has 0 N–H and O–H groups in total. The number of hydrogen-bond acceptors (Lipinski definition) is 5. The molecule has 0 saturated carbocycles. The third-order valence-corrected chi connectivity index (χ3v) is 6.50. The quantitative estimate of drug-likeness (QED) is 0.169. The number of halogens is 2. The number of benzene rings is 3. The van der Waals surface area contributed by atoms with Gasteiger partial charge in [0.15, 0.2) is 11.4 Å². The molecule has 6 rings (SSSR count). The zero-order valence-electron chi connectivity index (χ0n) is 21.1. The average molecular weight is 527 g/mol. The Hall–Kier alpha value is -4.63. The first-order valence-electron chi connectivity index (χ1n) is 12.6. The number of nitrogens with zero attached hydrogens (tertiary/aromatic N) is 4. The van der Waals surface area contributed by atoms with Gasteiger partial charge in [0.25, 0.3) is 0 Å². The molecule has 0 atom stereocenters. The van der Waals surface area contributed by atoms with E-state index < -0.39 is 11.8 Å². The normalized spacial score (nSPS) is 11.6. The fourth-order valence-electron chi connectivity index (χ4n) is 4.68. The number of ether oxygens (including phenoxy) is 2. The Labute approximate surface area is 222 Å². The minimum atomic E-state index is -0.625. The van der Waals surface area contributed by atoms with Gasteiger partial charge >= 0.3 is 5.97 Å². The first-order chi connectivity index (χ1) is 19.0. The highest BCUT2D eigenvalue weighted by Gasteiger charge is 2.23. The summed E-state index contributed by atoms with van der Waals surface area (Å²) in [5.41, 5.74) is 3.57. The summed E-state index contributed by atoms with van der Waals surface area (Å²) in [4.78, 5) is 23.0. The van der Waals surface area contributed by atoms with Crippen molar-refractivity contribution in [1.29, 1.82) is 0 Å². The summed E-state index contributed by atoms with van der Waals surface area (Å²) in [5, 5.41) is 0.559. The molecule has 7 nitrogen and oxygen atoms in total. The van der Waals surface area contributed by atoms with E-state index in [1.54, 1.807) is 18.3 Å². The van der Waals surface area contributed by atoms with Crippen LogP contribution in [0.4, 0.5) is 8.78 Å². The second-order valence-electron chi connectivity index (χ2n) is 9.03. The van der Waals surface area contributed by atoms with Crippen molar-refractivity contribution in [3.63, 3.8) is 0 Å². The summed E-state index contributed by atoms with van der Waals surface area (Å²) >= 11 is 0. The molecule has 0 aliphatic rings. The van der Waals surface area contributed by atoms with E-state index in [1.165, 1.54) is 36.4 Å². The molecule has 0 aliphatic heterocycles. The number of aryl methyl sites for hydroxylation is 1. The van der Waals surface area contributed by atoms with Crippen LogP contribution >= 0.6 is 0 Å². The van der Waals surface area contributed by atoms with Crippen LogP contribution in [0.3, 0.4) is 0 Å². The molecule has 0 radical (unpaired) electrons. The van der Waals surface area contributed by atoms with Gasteiger partial charge in [0.2, 0.25) is 0 Å². The fourth-order valence-corrected chi connectivity index (χ4v) is 4.68. The number of carbonyl (C=O) groups is 1. The van der Waals surface area contributed by atoms with Gasteiger partial charge in [-0.05, 0) is 74.0 Å². The summed E-state index contributed by atoms with van der Waals surface area (Å²) in [5.74, 6) is -0.553. The second-order valence-corrected chi connectivity index (χ2v) is 9.03. The molecule has 0 unspecified atom stereocenters. The SMILES string of the molecule is CCOCCCn1cc(OC(=O)c2ccc(F)cc2)c2c1nc(-c1ccc(F)cc1)n1c3ccccc3nc21. The highest BCUT2D eigenvalue weighted by atomic mass is 19.1. The molecule has 3 heterocycles. The number of hydrogen-bond donors (Lipinski definition) is 0. The maximum absolute atomic E-state index is 13.8. The highest BCUT2D eigenvalue weighted by molar-refractivity contribution is 6.03. The van der Waals surface area contributed by atoms with Crippen molar-refractivity contribution in [2.24, 2.45) is 0 Å². The maximum atomic E-state index is 13.8. The fraction of sp³-hybridized carbons (Fsp3) is 0.167. The van der Waals surface area contributed by atoms with E-state index in [2.05, 4.69) is 0 Å². The van der Waals surface area contributed by atoms with Gasteiger partial charge in [-0.25, -0.2) is 23.5 Å². The monoisotopic (exact) mass is 526 g/mol. The number of para-hydroxylation sites is 2. The summed E-state index contributed by atoms with van der Waals surface area (Å²) in [6.45, 7) is 3.66. The molecule has 9 heteroatoms. The number of rotatable bonds is 8. The van der Waals surface area contributed by atoms with E-state index in [4.69, 9.17) is 19.4 Å². The lowest BCUT2D eigenvalue weighted by Gasteiger charge is -2.10. The minimum Gasteiger partial charge on any atom is -0.420 e. The Balaban J connectivity index is 1.58. The first-order valence-corrected chi connectivity index (χ1v) is 12.6. The van der Waals surface area contributed by atoms with Crippen molar-refractivity contribution in [2.75, 3.05) is 13.2 Å². The number of esters is 1. The molecule has 3 aromatic heterocycles. The van der Waals surface area contributed by atoms with Crippen LogP contribution < -0.4 is 4.74 Å². The number of fused-ring (bicyclic) bond motifs is 5. The van der Waals surface area contributed by atoms with Gasteiger partial charge in [-0.15, -0.1) is 0 Å². The Morgan fingerprint density at radius 1 is 0.897 bits per heavy atom. The number of carbonyl (C=O) groups excluding carboxylic acids is 1. The molecule has 0 aliphatic carbocycles. The molecule has 0 spiro atoms. The second kappa shape index (κ2) is 10.3. The van der Waals surface area contributed by atoms with Crippen LogP contribution in [0, 0.1) is 11.6 Å². The molecule has 0 amide bonds. The Kier molecular flexibility index (Phi) is 6.50. The van der Waals surface area contributed by atoms with Crippen LogP contribution in [0.15, 0.2) is 79.0 Å². The lowest BCUT2D eigenvalue weighted by Crippen LogP contribution is -2.08. The summed E-state index contributed by atoms with van der Waals surface area (Å²) < 4.78 is 42.4. The van der Waals surface area contributed by atoms with E-state index in [9.17, 15) is 13.6 Å². The predicted molar refractivity (Wildman–Crippen MR) is 144 cm³/mol. The van der Waals surface area contributed by atoms with Crippen molar-refractivity contribution in [2.45, 2.75) is 19.9 Å². The van der Waals surface area contributed by atoms with Crippen molar-refractivity contribution < 1.29 is 23.0 Å². The Morgan fingerprint density at radius 2 is 1.62 bits per heavy atom. The van der Waals surface area contributed by atoms with E-state index >= 15 is 0 Å². The van der Waals surface area contributed by atoms with Crippen LogP contribution in [0.2, 0.25) is 0 Å². The first kappa shape index (κ1) is 24.7. The topological polar surface area (TPSA) is 70.7 Å². The van der Waals surface area contributed by atoms with Gasteiger partial charge < -0.3 is 14.0 Å². The molecule has 6 aromatic rings. The van der Waals surface area contributed by atoms with Crippen LogP contribution in [-0.4, -0.2) is 38.1 Å². The predicted octanol–water partition coefficient (Wildman–Crippen LogP) is 6.43. The summed E-state index contributed by atoms with van der Waals surface area (Å²) in [7, 11) is 0. The third kappa shape index (κ3) is 4.61. The van der Waals surface area contributed by atoms with Gasteiger partial charge in [0.05, 0.1) is 16.6 Å². The lowest BCUT2D eigenvalue weighted by atomic mass is 10.2. The molecular weight excluding hydrogens is 502 g/mol. The van der Waals surface area contributed by atoms with Crippen LogP contribution in [0.5, 0.6) is 5.75 Å². The molecule has 0 bridgehead atoms. The number of aromatic nitrogens is 4. The number of imidazole rings is 1. The molecule has 196 valence electrons. The Morgan fingerprint density at radius 3 is 2.36 bits per heavy atom. The average Bonchev–Trinajstić information content (AvgIpc) is 3.50. The highest BCUT2D eigenvalue weighted by Crippen LogP contribution is 2.36. The molecular formula is C30H24F2N4O3. The molecule has 3 aromatic carbocycles. The summed E-state index contributed by atoms with van der Waals surface area (Å²) in [6.07, 6.45) is 2.44. The standard InChI is InChI=1S/C30H24F2N4O3/c1-2-38-17-5-16-35-18-25(39-30(37)20-10-14-22(32)15-11-20)26-28(35)34-27(19-8-12-21(31)13-9-19)36-24-7-4-3-6-23(24)33-29(26)36/h3-4,6-15,18H,2,5,16-17H2,1H3. The van der Waals surface area contributed by atoms with Gasteiger partial charge in [-0.2, -0.15) is 0 Å². The van der Waals surface area contributed by atoms with E-state index in [1.807, 2.05) is 40.2 Å². The minimum absolute atomic E-state index is 0.217. The van der Waals surface area contributed by atoms with Gasteiger partial charge in [0.1, 0.15) is 28.5 Å². The summed E-state index contributed by atoms with van der Waals surface area (Å²) in [6, 6.07) is 18.9. The van der Waals surface area contributed by atoms with Crippen molar-refractivity contribution >= 4 is 33.7 Å². The molecule has 0 fully saturated rings. The van der Waals surface area contributed by atoms with Crippen molar-refractivity contribution in [3.05, 3.63) is 96.2 Å². The van der Waals surface area contributed by atoms with E-state index in [0.29, 0.717) is 54.2 Å². The Bertz CT molecular complexity index is 1810. The third-order valence-electron chi connectivity index (χ3n) is 6.50. The zero-order valence-corrected chi connectivity index (χ0v) is 21.1. The van der Waals surface area contributed by atoms with Gasteiger partial charge in [0, 0.05) is 31.5 Å². The molecule has 39 heavy (non-hydrogen) atoms. The van der Waals surface area contributed by atoms with Crippen LogP contribution in [0.25, 0.3) is 39.1 Å². The van der Waals surface area contributed by atoms with Gasteiger partial charge in [-0.3, -0.25) is 4.40 Å². The van der Waals surface area contributed by atoms with E-state index in [0.717, 1.165) is 11.0 Å². The van der Waals surface area contributed by atoms with Crippen molar-refractivity contribution in [1.82, 2.24) is 18.9 Å². The molecule has 0 saturated heterocycles. The maximum Gasteiger partial charge on any atom is 0.343 e. The van der Waals surface area contributed by atoms with Crippen LogP contribution in [-0.2, 0) is 11.3 Å². The largest absolute Gasteiger partial charge is 0.420 e.